The Hall–Kier alpha value is -0.240. The third-order valence-corrected chi connectivity index (χ3v) is 3.32. The first-order valence-corrected chi connectivity index (χ1v) is 5.52. The summed E-state index contributed by atoms with van der Waals surface area (Å²) in [6.45, 7) is 4.19. The van der Waals surface area contributed by atoms with Crippen molar-refractivity contribution >= 4 is 23.2 Å². The Kier molecular flexibility index (Phi) is 4.24. The molecule has 0 saturated heterocycles. The van der Waals surface area contributed by atoms with Gasteiger partial charge in [-0.05, 0) is 30.0 Å². The highest BCUT2D eigenvalue weighted by molar-refractivity contribution is 6.42. The molecular formula is C11H15Cl2N. The van der Waals surface area contributed by atoms with Crippen molar-refractivity contribution in [2.24, 2.45) is 5.73 Å². The molecule has 0 aliphatic carbocycles. The summed E-state index contributed by atoms with van der Waals surface area (Å²) in [5.74, 6) is 0.315. The second kappa shape index (κ2) is 5.01. The van der Waals surface area contributed by atoms with Gasteiger partial charge in [0.05, 0.1) is 10.0 Å². The van der Waals surface area contributed by atoms with Crippen LogP contribution in [-0.4, -0.2) is 6.04 Å². The van der Waals surface area contributed by atoms with Crippen molar-refractivity contribution in [1.29, 1.82) is 0 Å². The summed E-state index contributed by atoms with van der Waals surface area (Å²) in [7, 11) is 0. The SMILES string of the molecule is CCC(N)C(C)c1ccc(Cl)c(Cl)c1. The number of benzene rings is 1. The molecule has 2 unspecified atom stereocenters. The van der Waals surface area contributed by atoms with Gasteiger partial charge in [-0.1, -0.05) is 43.1 Å². The van der Waals surface area contributed by atoms with Crippen LogP contribution < -0.4 is 5.73 Å². The van der Waals surface area contributed by atoms with E-state index in [2.05, 4.69) is 13.8 Å². The van der Waals surface area contributed by atoms with Gasteiger partial charge in [0.25, 0.3) is 0 Å². The molecular weight excluding hydrogens is 217 g/mol. The molecule has 1 aromatic rings. The van der Waals surface area contributed by atoms with E-state index in [0.717, 1.165) is 12.0 Å². The summed E-state index contributed by atoms with van der Waals surface area (Å²) in [5, 5.41) is 1.19. The third-order valence-electron chi connectivity index (χ3n) is 2.58. The second-order valence-corrected chi connectivity index (χ2v) is 4.35. The fraction of sp³-hybridized carbons (Fsp3) is 0.455. The lowest BCUT2D eigenvalue weighted by atomic mass is 9.92. The topological polar surface area (TPSA) is 26.0 Å². The molecule has 0 aliphatic rings. The average molecular weight is 232 g/mol. The van der Waals surface area contributed by atoms with Crippen molar-refractivity contribution in [3.05, 3.63) is 33.8 Å². The lowest BCUT2D eigenvalue weighted by molar-refractivity contribution is 0.551. The van der Waals surface area contributed by atoms with E-state index in [4.69, 9.17) is 28.9 Å². The molecule has 14 heavy (non-hydrogen) atoms. The largest absolute Gasteiger partial charge is 0.327 e. The standard InChI is InChI=1S/C11H15Cl2N/c1-3-11(14)7(2)8-4-5-9(12)10(13)6-8/h4-7,11H,3,14H2,1-2H3. The number of hydrogen-bond acceptors (Lipinski definition) is 1. The van der Waals surface area contributed by atoms with Crippen LogP contribution in [0.25, 0.3) is 0 Å². The molecule has 0 bridgehead atoms. The molecule has 0 radical (unpaired) electrons. The summed E-state index contributed by atoms with van der Waals surface area (Å²) in [6, 6.07) is 5.86. The van der Waals surface area contributed by atoms with Crippen LogP contribution in [0.4, 0.5) is 0 Å². The third kappa shape index (κ3) is 2.63. The van der Waals surface area contributed by atoms with Crippen molar-refractivity contribution < 1.29 is 0 Å². The van der Waals surface area contributed by atoms with Gasteiger partial charge in [-0.3, -0.25) is 0 Å². The Balaban J connectivity index is 2.91. The Morgan fingerprint density at radius 3 is 2.43 bits per heavy atom. The molecule has 2 atom stereocenters. The van der Waals surface area contributed by atoms with Crippen molar-refractivity contribution in [2.45, 2.75) is 32.2 Å². The van der Waals surface area contributed by atoms with E-state index in [1.165, 1.54) is 0 Å². The van der Waals surface area contributed by atoms with Crippen LogP contribution >= 0.6 is 23.2 Å². The van der Waals surface area contributed by atoms with Gasteiger partial charge in [0.15, 0.2) is 0 Å². The van der Waals surface area contributed by atoms with Crippen LogP contribution in [0.5, 0.6) is 0 Å². The van der Waals surface area contributed by atoms with Crippen molar-refractivity contribution in [3.63, 3.8) is 0 Å². The van der Waals surface area contributed by atoms with Crippen LogP contribution in [-0.2, 0) is 0 Å². The predicted molar refractivity (Wildman–Crippen MR) is 63.1 cm³/mol. The smallest absolute Gasteiger partial charge is 0.0595 e. The minimum atomic E-state index is 0.173. The monoisotopic (exact) mass is 231 g/mol. The molecule has 0 saturated carbocycles. The molecule has 0 fully saturated rings. The van der Waals surface area contributed by atoms with Gasteiger partial charge in [0.1, 0.15) is 0 Å². The first kappa shape index (κ1) is 11.8. The summed E-state index contributed by atoms with van der Waals surface area (Å²) >= 11 is 11.8. The molecule has 2 N–H and O–H groups in total. The molecule has 0 amide bonds. The predicted octanol–water partition coefficient (Wildman–Crippen LogP) is 3.83. The summed E-state index contributed by atoms with van der Waals surface area (Å²) in [6.07, 6.45) is 0.960. The minimum Gasteiger partial charge on any atom is -0.327 e. The first-order valence-electron chi connectivity index (χ1n) is 4.76. The summed E-state index contributed by atoms with van der Waals surface area (Å²) < 4.78 is 0. The maximum atomic E-state index is 5.96. The van der Waals surface area contributed by atoms with Gasteiger partial charge in [-0.25, -0.2) is 0 Å². The van der Waals surface area contributed by atoms with Gasteiger partial charge < -0.3 is 5.73 Å². The van der Waals surface area contributed by atoms with Gasteiger partial charge in [0, 0.05) is 6.04 Å². The maximum absolute atomic E-state index is 5.96. The van der Waals surface area contributed by atoms with E-state index in [1.807, 2.05) is 18.2 Å². The molecule has 1 nitrogen and oxygen atoms in total. The summed E-state index contributed by atoms with van der Waals surface area (Å²) in [4.78, 5) is 0. The van der Waals surface area contributed by atoms with E-state index in [1.54, 1.807) is 0 Å². The van der Waals surface area contributed by atoms with Crippen LogP contribution in [0.2, 0.25) is 10.0 Å². The highest BCUT2D eigenvalue weighted by atomic mass is 35.5. The van der Waals surface area contributed by atoms with Crippen LogP contribution in [0.15, 0.2) is 18.2 Å². The lowest BCUT2D eigenvalue weighted by Crippen LogP contribution is -2.25. The van der Waals surface area contributed by atoms with Crippen molar-refractivity contribution in [1.82, 2.24) is 0 Å². The highest BCUT2D eigenvalue weighted by Gasteiger charge is 2.13. The van der Waals surface area contributed by atoms with Crippen molar-refractivity contribution in [2.75, 3.05) is 0 Å². The molecule has 1 rings (SSSR count). The first-order chi connectivity index (χ1) is 6.56. The number of rotatable bonds is 3. The zero-order valence-corrected chi connectivity index (χ0v) is 9.94. The molecule has 1 aromatic carbocycles. The van der Waals surface area contributed by atoms with Crippen LogP contribution in [0, 0.1) is 0 Å². The maximum Gasteiger partial charge on any atom is 0.0595 e. The number of nitrogens with two attached hydrogens (primary N) is 1. The van der Waals surface area contributed by atoms with E-state index in [-0.39, 0.29) is 6.04 Å². The van der Waals surface area contributed by atoms with Gasteiger partial charge in [-0.2, -0.15) is 0 Å². The van der Waals surface area contributed by atoms with E-state index < -0.39 is 0 Å². The molecule has 0 aliphatic heterocycles. The zero-order valence-electron chi connectivity index (χ0n) is 8.43. The van der Waals surface area contributed by atoms with E-state index >= 15 is 0 Å². The quantitative estimate of drug-likeness (QED) is 0.841. The fourth-order valence-electron chi connectivity index (χ4n) is 1.40. The molecule has 0 spiro atoms. The van der Waals surface area contributed by atoms with Gasteiger partial charge >= 0.3 is 0 Å². The van der Waals surface area contributed by atoms with E-state index in [9.17, 15) is 0 Å². The van der Waals surface area contributed by atoms with Gasteiger partial charge in [0.2, 0.25) is 0 Å². The highest BCUT2D eigenvalue weighted by Crippen LogP contribution is 2.27. The molecule has 78 valence electrons. The van der Waals surface area contributed by atoms with Crippen LogP contribution in [0.3, 0.4) is 0 Å². The Bertz CT molecular complexity index is 312. The molecule has 0 aromatic heterocycles. The summed E-state index contributed by atoms with van der Waals surface area (Å²) in [5.41, 5.74) is 7.11. The van der Waals surface area contributed by atoms with E-state index in [0.29, 0.717) is 16.0 Å². The van der Waals surface area contributed by atoms with Crippen molar-refractivity contribution in [3.8, 4) is 0 Å². The molecule has 0 heterocycles. The number of hydrogen-bond donors (Lipinski definition) is 1. The second-order valence-electron chi connectivity index (χ2n) is 3.53. The lowest BCUT2D eigenvalue weighted by Gasteiger charge is -2.18. The molecule has 3 heteroatoms. The Labute approximate surface area is 95.2 Å². The average Bonchev–Trinajstić information content (AvgIpc) is 2.20. The van der Waals surface area contributed by atoms with Gasteiger partial charge in [-0.15, -0.1) is 0 Å². The zero-order chi connectivity index (χ0) is 10.7. The normalized spacial score (nSPS) is 15.2. The minimum absolute atomic E-state index is 0.173. The Morgan fingerprint density at radius 1 is 1.29 bits per heavy atom. The fourth-order valence-corrected chi connectivity index (χ4v) is 1.70. The Morgan fingerprint density at radius 2 is 1.93 bits per heavy atom. The van der Waals surface area contributed by atoms with Crippen LogP contribution in [0.1, 0.15) is 31.7 Å². The number of halogens is 2.